The first kappa shape index (κ1) is 14.9. The summed E-state index contributed by atoms with van der Waals surface area (Å²) in [7, 11) is 0. The lowest BCUT2D eigenvalue weighted by Crippen LogP contribution is -2.14. The van der Waals surface area contributed by atoms with Crippen LogP contribution in [0.15, 0.2) is 30.5 Å². The van der Waals surface area contributed by atoms with Crippen LogP contribution in [0, 0.1) is 0 Å². The number of nitrogens with one attached hydrogen (secondary N) is 1. The maximum atomic E-state index is 5.82. The van der Waals surface area contributed by atoms with E-state index in [-0.39, 0.29) is 0 Å². The number of hydrogen-bond donors (Lipinski definition) is 1. The first-order valence-electron chi connectivity index (χ1n) is 7.78. The lowest BCUT2D eigenvalue weighted by Gasteiger charge is -2.08. The van der Waals surface area contributed by atoms with E-state index in [2.05, 4.69) is 54.2 Å². The Morgan fingerprint density at radius 1 is 1.15 bits per heavy atom. The van der Waals surface area contributed by atoms with Crippen LogP contribution in [0.4, 0.5) is 0 Å². The van der Waals surface area contributed by atoms with Crippen molar-refractivity contribution in [2.75, 3.05) is 19.7 Å². The lowest BCUT2D eigenvalue weighted by molar-refractivity contribution is 0.321. The number of unbranched alkanes of at least 4 members (excludes halogenated alkanes) is 1. The Kier molecular flexibility index (Phi) is 5.93. The van der Waals surface area contributed by atoms with Gasteiger partial charge in [-0.2, -0.15) is 0 Å². The molecule has 0 fully saturated rings. The molecule has 1 aromatic heterocycles. The van der Waals surface area contributed by atoms with Gasteiger partial charge in [0.05, 0.1) is 12.1 Å². The SMILES string of the molecule is CCCOc1cccc2c1ccn2CCCCNCC. The molecule has 3 nitrogen and oxygen atoms in total. The second-order valence-corrected chi connectivity index (χ2v) is 5.11. The van der Waals surface area contributed by atoms with Crippen molar-refractivity contribution < 1.29 is 4.74 Å². The summed E-state index contributed by atoms with van der Waals surface area (Å²) in [6.07, 6.45) is 5.65. The molecule has 20 heavy (non-hydrogen) atoms. The fourth-order valence-electron chi connectivity index (χ4n) is 2.44. The second kappa shape index (κ2) is 7.95. The molecule has 0 saturated carbocycles. The monoisotopic (exact) mass is 274 g/mol. The van der Waals surface area contributed by atoms with Crippen molar-refractivity contribution >= 4 is 10.9 Å². The summed E-state index contributed by atoms with van der Waals surface area (Å²) >= 11 is 0. The molecule has 0 aliphatic heterocycles. The third kappa shape index (κ3) is 3.76. The Hall–Kier alpha value is -1.48. The minimum absolute atomic E-state index is 0.785. The number of rotatable bonds is 9. The van der Waals surface area contributed by atoms with Crippen molar-refractivity contribution in [1.82, 2.24) is 9.88 Å². The van der Waals surface area contributed by atoms with E-state index >= 15 is 0 Å². The quantitative estimate of drug-likeness (QED) is 0.704. The van der Waals surface area contributed by atoms with Gasteiger partial charge in [0, 0.05) is 18.1 Å². The van der Waals surface area contributed by atoms with Crippen LogP contribution in [0.1, 0.15) is 33.1 Å². The van der Waals surface area contributed by atoms with Crippen molar-refractivity contribution in [2.45, 2.75) is 39.7 Å². The minimum Gasteiger partial charge on any atom is -0.493 e. The summed E-state index contributed by atoms with van der Waals surface area (Å²) in [5.41, 5.74) is 1.28. The Bertz CT molecular complexity index is 519. The zero-order chi connectivity index (χ0) is 14.2. The van der Waals surface area contributed by atoms with Crippen LogP contribution in [-0.2, 0) is 6.54 Å². The van der Waals surface area contributed by atoms with Crippen LogP contribution in [0.25, 0.3) is 10.9 Å². The minimum atomic E-state index is 0.785. The van der Waals surface area contributed by atoms with Crippen molar-refractivity contribution in [3.63, 3.8) is 0 Å². The van der Waals surface area contributed by atoms with Gasteiger partial charge in [-0.1, -0.05) is 19.9 Å². The number of fused-ring (bicyclic) bond motifs is 1. The van der Waals surface area contributed by atoms with Crippen molar-refractivity contribution in [1.29, 1.82) is 0 Å². The highest BCUT2D eigenvalue weighted by atomic mass is 16.5. The standard InChI is InChI=1S/C17H26N2O/c1-3-14-20-17-9-7-8-16-15(17)10-13-19(16)12-6-5-11-18-4-2/h7-10,13,18H,3-6,11-12,14H2,1-2H3. The van der Waals surface area contributed by atoms with Gasteiger partial charge < -0.3 is 14.6 Å². The number of nitrogens with zero attached hydrogens (tertiary/aromatic N) is 1. The number of hydrogen-bond acceptors (Lipinski definition) is 2. The van der Waals surface area contributed by atoms with Gasteiger partial charge in [-0.05, 0) is 50.6 Å². The lowest BCUT2D eigenvalue weighted by atomic mass is 10.2. The highest BCUT2D eigenvalue weighted by molar-refractivity contribution is 5.86. The van der Waals surface area contributed by atoms with Gasteiger partial charge in [0.25, 0.3) is 0 Å². The molecule has 0 spiro atoms. The van der Waals surface area contributed by atoms with Crippen LogP contribution in [0.2, 0.25) is 0 Å². The predicted molar refractivity (Wildman–Crippen MR) is 85.5 cm³/mol. The van der Waals surface area contributed by atoms with Gasteiger partial charge in [-0.15, -0.1) is 0 Å². The molecule has 0 radical (unpaired) electrons. The van der Waals surface area contributed by atoms with Gasteiger partial charge in [-0.25, -0.2) is 0 Å². The molecule has 0 saturated heterocycles. The van der Waals surface area contributed by atoms with Gasteiger partial charge in [0.1, 0.15) is 5.75 Å². The van der Waals surface area contributed by atoms with E-state index < -0.39 is 0 Å². The smallest absolute Gasteiger partial charge is 0.128 e. The van der Waals surface area contributed by atoms with Crippen molar-refractivity contribution in [3.8, 4) is 5.75 Å². The number of aromatic nitrogens is 1. The van der Waals surface area contributed by atoms with Crippen LogP contribution in [0.5, 0.6) is 5.75 Å². The number of aryl methyl sites for hydroxylation is 1. The predicted octanol–water partition coefficient (Wildman–Crippen LogP) is 3.82. The third-order valence-corrected chi connectivity index (χ3v) is 3.49. The summed E-state index contributed by atoms with van der Waals surface area (Å²) in [5, 5.41) is 4.60. The number of benzene rings is 1. The normalized spacial score (nSPS) is 11.1. The summed E-state index contributed by atoms with van der Waals surface area (Å²) in [5.74, 6) is 1.01. The first-order chi connectivity index (χ1) is 9.86. The van der Waals surface area contributed by atoms with Gasteiger partial charge in [-0.3, -0.25) is 0 Å². The van der Waals surface area contributed by atoms with Crippen LogP contribution in [-0.4, -0.2) is 24.3 Å². The van der Waals surface area contributed by atoms with E-state index in [1.165, 1.54) is 23.7 Å². The Balaban J connectivity index is 2.00. The van der Waals surface area contributed by atoms with E-state index in [1.807, 2.05) is 0 Å². The van der Waals surface area contributed by atoms with Crippen LogP contribution >= 0.6 is 0 Å². The summed E-state index contributed by atoms with van der Waals surface area (Å²) < 4.78 is 8.15. The average Bonchev–Trinajstić information content (AvgIpc) is 2.89. The highest BCUT2D eigenvalue weighted by Crippen LogP contribution is 2.27. The highest BCUT2D eigenvalue weighted by Gasteiger charge is 2.06. The molecule has 0 atom stereocenters. The molecule has 110 valence electrons. The summed E-state index contributed by atoms with van der Waals surface area (Å²) in [6.45, 7) is 8.32. The third-order valence-electron chi connectivity index (χ3n) is 3.49. The Labute approximate surface area is 121 Å². The Morgan fingerprint density at radius 3 is 2.85 bits per heavy atom. The van der Waals surface area contributed by atoms with Gasteiger partial charge in [0.2, 0.25) is 0 Å². The van der Waals surface area contributed by atoms with Crippen molar-refractivity contribution in [3.05, 3.63) is 30.5 Å². The van der Waals surface area contributed by atoms with E-state index in [0.29, 0.717) is 0 Å². The molecule has 0 aliphatic carbocycles. The summed E-state index contributed by atoms with van der Waals surface area (Å²) in [6, 6.07) is 8.50. The van der Waals surface area contributed by atoms with Gasteiger partial charge in [0.15, 0.2) is 0 Å². The van der Waals surface area contributed by atoms with E-state index in [4.69, 9.17) is 4.74 Å². The molecule has 0 unspecified atom stereocenters. The molecule has 0 bridgehead atoms. The van der Waals surface area contributed by atoms with Gasteiger partial charge >= 0.3 is 0 Å². The fraction of sp³-hybridized carbons (Fsp3) is 0.529. The first-order valence-corrected chi connectivity index (χ1v) is 7.78. The maximum absolute atomic E-state index is 5.82. The Morgan fingerprint density at radius 2 is 2.05 bits per heavy atom. The molecule has 3 heteroatoms. The zero-order valence-electron chi connectivity index (χ0n) is 12.7. The fourth-order valence-corrected chi connectivity index (χ4v) is 2.44. The summed E-state index contributed by atoms with van der Waals surface area (Å²) in [4.78, 5) is 0. The molecular formula is C17H26N2O. The molecule has 1 aromatic carbocycles. The van der Waals surface area contributed by atoms with Crippen LogP contribution < -0.4 is 10.1 Å². The largest absolute Gasteiger partial charge is 0.493 e. The topological polar surface area (TPSA) is 26.2 Å². The molecule has 0 aliphatic rings. The average molecular weight is 274 g/mol. The molecule has 1 heterocycles. The van der Waals surface area contributed by atoms with E-state index in [9.17, 15) is 0 Å². The molecular weight excluding hydrogens is 248 g/mol. The number of ether oxygens (including phenoxy) is 1. The molecule has 2 rings (SSSR count). The zero-order valence-corrected chi connectivity index (χ0v) is 12.7. The maximum Gasteiger partial charge on any atom is 0.128 e. The molecule has 1 N–H and O–H groups in total. The molecule has 0 amide bonds. The van der Waals surface area contributed by atoms with Crippen molar-refractivity contribution in [2.24, 2.45) is 0 Å². The van der Waals surface area contributed by atoms with Crippen LogP contribution in [0.3, 0.4) is 0 Å². The van der Waals surface area contributed by atoms with E-state index in [1.54, 1.807) is 0 Å². The second-order valence-electron chi connectivity index (χ2n) is 5.11. The van der Waals surface area contributed by atoms with E-state index in [0.717, 1.165) is 38.4 Å². The molecule has 2 aromatic rings.